The van der Waals surface area contributed by atoms with Crippen molar-refractivity contribution in [1.29, 1.82) is 0 Å². The van der Waals surface area contributed by atoms with Gasteiger partial charge in [0.15, 0.2) is 5.11 Å². The van der Waals surface area contributed by atoms with Crippen molar-refractivity contribution in [3.8, 4) is 16.9 Å². The normalized spacial score (nSPS) is 17.9. The Morgan fingerprint density at radius 3 is 2.24 bits per heavy atom. The van der Waals surface area contributed by atoms with Crippen LogP contribution in [0, 0.1) is 5.82 Å². The Hall–Kier alpha value is -3.78. The molecule has 0 unspecified atom stereocenters. The summed E-state index contributed by atoms with van der Waals surface area (Å²) < 4.78 is 13.3. The molecule has 0 saturated carbocycles. The van der Waals surface area contributed by atoms with Gasteiger partial charge in [0.25, 0.3) is 0 Å². The quantitative estimate of drug-likeness (QED) is 0.210. The molecule has 1 aliphatic rings. The second-order valence-electron chi connectivity index (χ2n) is 9.48. The molecule has 0 amide bonds. The lowest BCUT2D eigenvalue weighted by Gasteiger charge is -2.29. The van der Waals surface area contributed by atoms with Crippen LogP contribution < -0.4 is 10.2 Å². The van der Waals surface area contributed by atoms with Gasteiger partial charge >= 0.3 is 0 Å². The Morgan fingerprint density at radius 2 is 1.58 bits per heavy atom. The number of benzene rings is 4. The van der Waals surface area contributed by atoms with Crippen LogP contribution >= 0.6 is 12.2 Å². The number of halogens is 1. The molecular weight excluding hydrogens is 499 g/mol. The van der Waals surface area contributed by atoms with E-state index in [1.807, 2.05) is 53.4 Å². The average molecular weight is 529 g/mol. The summed E-state index contributed by atoms with van der Waals surface area (Å²) >= 11 is 5.77. The smallest absolute Gasteiger partial charge is 0.174 e. The van der Waals surface area contributed by atoms with Crippen LogP contribution in [0.25, 0.3) is 11.1 Å². The molecular formula is C31H29FN2O3S. The average Bonchev–Trinajstić information content (AvgIpc) is 3.28. The Labute approximate surface area is 226 Å². The summed E-state index contributed by atoms with van der Waals surface area (Å²) in [7, 11) is 0. The van der Waals surface area contributed by atoms with Gasteiger partial charge in [0.1, 0.15) is 11.6 Å². The van der Waals surface area contributed by atoms with Gasteiger partial charge in [0, 0.05) is 11.3 Å². The van der Waals surface area contributed by atoms with Gasteiger partial charge in [-0.2, -0.15) is 0 Å². The van der Waals surface area contributed by atoms with Crippen molar-refractivity contribution in [3.05, 3.63) is 120 Å². The first-order chi connectivity index (χ1) is 18.4. The molecule has 5 nitrogen and oxygen atoms in total. The van der Waals surface area contributed by atoms with Crippen LogP contribution in [0.15, 0.2) is 97.1 Å². The van der Waals surface area contributed by atoms with E-state index < -0.39 is 6.10 Å². The maximum Gasteiger partial charge on any atom is 0.174 e. The second kappa shape index (κ2) is 11.3. The first-order valence-corrected chi connectivity index (χ1v) is 13.0. The minimum Gasteiger partial charge on any atom is -0.508 e. The third kappa shape index (κ3) is 5.41. The number of anilines is 1. The van der Waals surface area contributed by atoms with Crippen LogP contribution in [-0.4, -0.2) is 26.5 Å². The van der Waals surface area contributed by atoms with Crippen molar-refractivity contribution in [2.75, 3.05) is 4.90 Å². The van der Waals surface area contributed by atoms with Crippen LogP contribution in [0.2, 0.25) is 0 Å². The molecule has 1 heterocycles. The highest BCUT2D eigenvalue weighted by Crippen LogP contribution is 2.41. The van der Waals surface area contributed by atoms with E-state index >= 15 is 0 Å². The molecule has 4 N–H and O–H groups in total. The van der Waals surface area contributed by atoms with Gasteiger partial charge in [-0.1, -0.05) is 66.7 Å². The van der Waals surface area contributed by atoms with Crippen LogP contribution in [-0.2, 0) is 6.61 Å². The molecule has 194 valence electrons. The fourth-order valence-electron chi connectivity index (χ4n) is 5.05. The summed E-state index contributed by atoms with van der Waals surface area (Å²) in [5.74, 6) is -0.275. The predicted octanol–water partition coefficient (Wildman–Crippen LogP) is 6.01. The molecule has 5 rings (SSSR count). The standard InChI is InChI=1S/C31H29FN2O3S/c32-24-11-7-23(8-12-24)28(36)17-16-27-30(26-15-6-20(19-35)18-29(26)37)34(31(38)33-27)25-13-9-22(10-14-25)21-4-2-1-3-5-21/h1-15,18,27-28,30,35-37H,16-17,19H2,(H,33,38)/t27-,28-,30+/m0/s1. The number of nitrogens with one attached hydrogen (secondary N) is 1. The lowest BCUT2D eigenvalue weighted by molar-refractivity contribution is 0.159. The van der Waals surface area contributed by atoms with E-state index in [1.54, 1.807) is 24.3 Å². The fraction of sp³-hybridized carbons (Fsp3) is 0.194. The second-order valence-corrected chi connectivity index (χ2v) is 9.87. The number of aromatic hydroxyl groups is 1. The van der Waals surface area contributed by atoms with E-state index in [1.165, 1.54) is 12.1 Å². The summed E-state index contributed by atoms with van der Waals surface area (Å²) in [4.78, 5) is 1.99. The van der Waals surface area contributed by atoms with E-state index in [0.717, 1.165) is 16.8 Å². The van der Waals surface area contributed by atoms with E-state index in [0.29, 0.717) is 34.6 Å². The molecule has 4 aromatic carbocycles. The zero-order valence-corrected chi connectivity index (χ0v) is 21.5. The highest BCUT2D eigenvalue weighted by Gasteiger charge is 2.40. The third-order valence-corrected chi connectivity index (χ3v) is 7.36. The molecule has 7 heteroatoms. The molecule has 1 aliphatic heterocycles. The number of hydrogen-bond donors (Lipinski definition) is 4. The van der Waals surface area contributed by atoms with E-state index in [9.17, 15) is 19.7 Å². The van der Waals surface area contributed by atoms with Gasteiger partial charge in [0.05, 0.1) is 24.8 Å². The molecule has 0 radical (unpaired) electrons. The van der Waals surface area contributed by atoms with Crippen LogP contribution in [0.4, 0.5) is 10.1 Å². The van der Waals surface area contributed by atoms with Crippen molar-refractivity contribution in [2.45, 2.75) is 37.6 Å². The summed E-state index contributed by atoms with van der Waals surface area (Å²) in [5.41, 5.74) is 5.00. The van der Waals surface area contributed by atoms with Crippen molar-refractivity contribution in [1.82, 2.24) is 5.32 Å². The lowest BCUT2D eigenvalue weighted by Crippen LogP contribution is -2.29. The topological polar surface area (TPSA) is 76.0 Å². The summed E-state index contributed by atoms with van der Waals surface area (Å²) in [5, 5.41) is 35.1. The van der Waals surface area contributed by atoms with Gasteiger partial charge in [-0.25, -0.2) is 4.39 Å². The monoisotopic (exact) mass is 528 g/mol. The highest BCUT2D eigenvalue weighted by molar-refractivity contribution is 7.80. The number of thiocarbonyl (C=S) groups is 1. The Bertz CT molecular complexity index is 1400. The number of phenolic OH excluding ortho intramolecular Hbond substituents is 1. The highest BCUT2D eigenvalue weighted by atomic mass is 32.1. The number of aliphatic hydroxyl groups is 2. The maximum atomic E-state index is 13.3. The number of hydrogen-bond acceptors (Lipinski definition) is 4. The number of aliphatic hydroxyl groups excluding tert-OH is 2. The van der Waals surface area contributed by atoms with E-state index in [2.05, 4.69) is 17.4 Å². The first kappa shape index (κ1) is 25.9. The van der Waals surface area contributed by atoms with E-state index in [4.69, 9.17) is 12.2 Å². The predicted molar refractivity (Wildman–Crippen MR) is 151 cm³/mol. The zero-order valence-electron chi connectivity index (χ0n) is 20.7. The van der Waals surface area contributed by atoms with Gasteiger partial charge in [0.2, 0.25) is 0 Å². The molecule has 0 aromatic heterocycles. The molecule has 1 fully saturated rings. The summed E-state index contributed by atoms with van der Waals surface area (Å²) in [6, 6.07) is 28.7. The number of phenols is 1. The Balaban J connectivity index is 1.45. The summed E-state index contributed by atoms with van der Waals surface area (Å²) in [6.07, 6.45) is 0.193. The Morgan fingerprint density at radius 1 is 0.895 bits per heavy atom. The van der Waals surface area contributed by atoms with Crippen LogP contribution in [0.5, 0.6) is 5.75 Å². The lowest BCUT2D eigenvalue weighted by atomic mass is 9.92. The van der Waals surface area contributed by atoms with Crippen LogP contribution in [0.1, 0.15) is 41.7 Å². The van der Waals surface area contributed by atoms with Gasteiger partial charge in [-0.05, 0) is 77.6 Å². The maximum absolute atomic E-state index is 13.3. The zero-order chi connectivity index (χ0) is 26.6. The molecule has 0 bridgehead atoms. The SMILES string of the molecule is OCc1ccc([C@@H]2[C@H](CC[C@H](O)c3ccc(F)cc3)NC(=S)N2c2ccc(-c3ccccc3)cc2)c(O)c1. The minimum atomic E-state index is -0.767. The van der Waals surface area contributed by atoms with Crippen molar-refractivity contribution in [3.63, 3.8) is 0 Å². The largest absolute Gasteiger partial charge is 0.508 e. The molecule has 4 aromatic rings. The number of rotatable bonds is 8. The third-order valence-electron chi connectivity index (χ3n) is 7.04. The molecule has 38 heavy (non-hydrogen) atoms. The van der Waals surface area contributed by atoms with Gasteiger partial charge in [-0.3, -0.25) is 0 Å². The number of nitrogens with zero attached hydrogens (tertiary/aromatic N) is 1. The van der Waals surface area contributed by atoms with Crippen molar-refractivity contribution in [2.24, 2.45) is 0 Å². The van der Waals surface area contributed by atoms with Crippen molar-refractivity contribution >= 4 is 23.0 Å². The first-order valence-electron chi connectivity index (χ1n) is 12.6. The minimum absolute atomic E-state index is 0.0723. The van der Waals surface area contributed by atoms with Crippen molar-refractivity contribution < 1.29 is 19.7 Å². The summed E-state index contributed by atoms with van der Waals surface area (Å²) in [6.45, 7) is -0.173. The van der Waals surface area contributed by atoms with Gasteiger partial charge in [-0.15, -0.1) is 0 Å². The fourth-order valence-corrected chi connectivity index (χ4v) is 5.42. The molecule has 0 aliphatic carbocycles. The molecule has 0 spiro atoms. The van der Waals surface area contributed by atoms with Gasteiger partial charge < -0.3 is 25.5 Å². The molecule has 1 saturated heterocycles. The Kier molecular flexibility index (Phi) is 7.69. The van der Waals surface area contributed by atoms with E-state index in [-0.39, 0.29) is 30.3 Å². The van der Waals surface area contributed by atoms with Crippen LogP contribution in [0.3, 0.4) is 0 Å². The molecule has 3 atom stereocenters.